The monoisotopic (exact) mass is 272 g/mol. The molecule has 0 heterocycles. The van der Waals surface area contributed by atoms with Crippen LogP contribution in [0, 0.1) is 5.92 Å². The molecule has 88 valence electrons. The lowest BCUT2D eigenvalue weighted by molar-refractivity contribution is 0.638. The van der Waals surface area contributed by atoms with Gasteiger partial charge >= 0.3 is 0 Å². The average Bonchev–Trinajstić information content (AvgIpc) is 1.96. The van der Waals surface area contributed by atoms with Crippen molar-refractivity contribution in [3.05, 3.63) is 23.3 Å². The highest BCUT2D eigenvalue weighted by atomic mass is 79.9. The van der Waals surface area contributed by atoms with Crippen LogP contribution in [0.1, 0.15) is 54.4 Å². The molecule has 0 aliphatic heterocycles. The van der Waals surface area contributed by atoms with Crippen LogP contribution in [0.25, 0.3) is 0 Å². The summed E-state index contributed by atoms with van der Waals surface area (Å²) in [5.74, 6) is 0.691. The Balaban J connectivity index is 4.07. The first-order valence-corrected chi connectivity index (χ1v) is 6.52. The van der Waals surface area contributed by atoms with Crippen molar-refractivity contribution >= 4 is 15.9 Å². The fourth-order valence-corrected chi connectivity index (χ4v) is 2.16. The van der Waals surface area contributed by atoms with Gasteiger partial charge in [-0.2, -0.15) is 0 Å². The van der Waals surface area contributed by atoms with Gasteiger partial charge in [-0.05, 0) is 53.4 Å². The van der Waals surface area contributed by atoms with Crippen molar-refractivity contribution in [3.8, 4) is 0 Å². The summed E-state index contributed by atoms with van der Waals surface area (Å²) in [6.45, 7) is 13.2. The molecule has 0 aromatic rings. The second-order valence-corrected chi connectivity index (χ2v) is 7.36. The van der Waals surface area contributed by atoms with Gasteiger partial charge in [0, 0.05) is 4.32 Å². The molecule has 0 fully saturated rings. The molecular weight excluding hydrogens is 248 g/mol. The maximum absolute atomic E-state index is 3.64. The number of halogens is 1. The van der Waals surface area contributed by atoms with E-state index in [2.05, 4.69) is 69.6 Å². The highest BCUT2D eigenvalue weighted by Crippen LogP contribution is 2.22. The number of hydrogen-bond acceptors (Lipinski definition) is 0. The summed E-state index contributed by atoms with van der Waals surface area (Å²) in [4.78, 5) is 0. The molecule has 0 rings (SSSR count). The van der Waals surface area contributed by atoms with Gasteiger partial charge in [-0.3, -0.25) is 0 Å². The van der Waals surface area contributed by atoms with E-state index in [4.69, 9.17) is 0 Å². The van der Waals surface area contributed by atoms with Crippen molar-refractivity contribution in [1.29, 1.82) is 0 Å². The molecule has 0 spiro atoms. The van der Waals surface area contributed by atoms with Crippen molar-refractivity contribution in [2.45, 2.75) is 58.7 Å². The largest absolute Gasteiger partial charge is 0.0830 e. The van der Waals surface area contributed by atoms with Gasteiger partial charge in [0.1, 0.15) is 0 Å². The van der Waals surface area contributed by atoms with E-state index in [0.29, 0.717) is 5.92 Å². The van der Waals surface area contributed by atoms with Gasteiger partial charge in [0.15, 0.2) is 0 Å². The molecule has 0 aliphatic rings. The van der Waals surface area contributed by atoms with E-state index < -0.39 is 0 Å². The van der Waals surface area contributed by atoms with Crippen LogP contribution >= 0.6 is 15.9 Å². The zero-order valence-corrected chi connectivity index (χ0v) is 12.6. The first kappa shape index (κ1) is 15.0. The van der Waals surface area contributed by atoms with Crippen LogP contribution in [0.2, 0.25) is 0 Å². The van der Waals surface area contributed by atoms with Crippen molar-refractivity contribution < 1.29 is 0 Å². The smallest absolute Gasteiger partial charge is 0.0382 e. The molecule has 1 heteroatoms. The van der Waals surface area contributed by atoms with Gasteiger partial charge in [-0.25, -0.2) is 0 Å². The topological polar surface area (TPSA) is 0 Å². The van der Waals surface area contributed by atoms with E-state index in [9.17, 15) is 0 Å². The van der Waals surface area contributed by atoms with Crippen LogP contribution < -0.4 is 0 Å². The zero-order chi connectivity index (χ0) is 12.1. The standard InChI is InChI=1S/C14H25Br/c1-11(2)9-12(3)7-8-13(4)10-14(5,6)15/h9-10,12H,7-8H2,1-6H3/b13-10+. The molecule has 0 bridgehead atoms. The number of alkyl halides is 1. The lowest BCUT2D eigenvalue weighted by atomic mass is 9.98. The first-order chi connectivity index (χ1) is 6.70. The van der Waals surface area contributed by atoms with E-state index in [1.165, 1.54) is 24.0 Å². The zero-order valence-electron chi connectivity index (χ0n) is 11.0. The molecule has 0 aliphatic carbocycles. The van der Waals surface area contributed by atoms with E-state index >= 15 is 0 Å². The second kappa shape index (κ2) is 6.52. The van der Waals surface area contributed by atoms with Gasteiger partial charge in [0.25, 0.3) is 0 Å². The van der Waals surface area contributed by atoms with Crippen LogP contribution in [0.5, 0.6) is 0 Å². The predicted molar refractivity (Wildman–Crippen MR) is 74.6 cm³/mol. The Labute approximate surface area is 104 Å². The molecule has 0 radical (unpaired) electrons. The summed E-state index contributed by atoms with van der Waals surface area (Å²) >= 11 is 3.64. The van der Waals surface area contributed by atoms with Crippen LogP contribution in [-0.2, 0) is 0 Å². The highest BCUT2D eigenvalue weighted by Gasteiger charge is 2.08. The lowest BCUT2D eigenvalue weighted by Crippen LogP contribution is -2.05. The normalized spacial score (nSPS) is 15.0. The lowest BCUT2D eigenvalue weighted by Gasteiger charge is -2.13. The van der Waals surface area contributed by atoms with E-state index in [0.717, 1.165) is 0 Å². The van der Waals surface area contributed by atoms with Crippen molar-refractivity contribution in [2.24, 2.45) is 5.92 Å². The third-order valence-corrected chi connectivity index (χ3v) is 2.43. The summed E-state index contributed by atoms with van der Waals surface area (Å²) in [6, 6.07) is 0. The number of hydrogen-bond donors (Lipinski definition) is 0. The average molecular weight is 273 g/mol. The SMILES string of the molecule is CC(C)=CC(C)CC/C(C)=C/C(C)(C)Br. The molecule has 0 amide bonds. The van der Waals surface area contributed by atoms with E-state index in [1.807, 2.05) is 0 Å². The predicted octanol–water partition coefficient (Wildman–Crippen LogP) is 5.49. The van der Waals surface area contributed by atoms with Gasteiger partial charge < -0.3 is 0 Å². The molecule has 0 aromatic carbocycles. The molecule has 0 saturated carbocycles. The Morgan fingerprint density at radius 3 is 2.20 bits per heavy atom. The minimum Gasteiger partial charge on any atom is -0.0830 e. The van der Waals surface area contributed by atoms with Crippen molar-refractivity contribution in [3.63, 3.8) is 0 Å². The number of rotatable bonds is 5. The quantitative estimate of drug-likeness (QED) is 0.459. The number of allylic oxidation sites excluding steroid dienone is 4. The van der Waals surface area contributed by atoms with Gasteiger partial charge in [-0.15, -0.1) is 0 Å². The minimum atomic E-state index is 0.136. The molecule has 0 nitrogen and oxygen atoms in total. The van der Waals surface area contributed by atoms with E-state index in [1.54, 1.807) is 0 Å². The van der Waals surface area contributed by atoms with Crippen molar-refractivity contribution in [1.82, 2.24) is 0 Å². The molecule has 1 atom stereocenters. The second-order valence-electron chi connectivity index (χ2n) is 5.32. The third kappa shape index (κ3) is 10.2. The van der Waals surface area contributed by atoms with Crippen LogP contribution in [-0.4, -0.2) is 4.32 Å². The summed E-state index contributed by atoms with van der Waals surface area (Å²) < 4.78 is 0.136. The molecular formula is C14H25Br. The summed E-state index contributed by atoms with van der Waals surface area (Å²) in [6.07, 6.45) is 7.10. The van der Waals surface area contributed by atoms with Gasteiger partial charge in [0.05, 0.1) is 0 Å². The maximum Gasteiger partial charge on any atom is 0.0382 e. The first-order valence-electron chi connectivity index (χ1n) is 5.73. The van der Waals surface area contributed by atoms with Gasteiger partial charge in [-0.1, -0.05) is 46.2 Å². The highest BCUT2D eigenvalue weighted by molar-refractivity contribution is 9.10. The fraction of sp³-hybridized carbons (Fsp3) is 0.714. The molecule has 1 unspecified atom stereocenters. The summed E-state index contributed by atoms with van der Waals surface area (Å²) in [7, 11) is 0. The maximum atomic E-state index is 3.64. The van der Waals surface area contributed by atoms with Crippen LogP contribution in [0.4, 0.5) is 0 Å². The Morgan fingerprint density at radius 1 is 1.27 bits per heavy atom. The van der Waals surface area contributed by atoms with E-state index in [-0.39, 0.29) is 4.32 Å². The Morgan fingerprint density at radius 2 is 1.80 bits per heavy atom. The molecule has 15 heavy (non-hydrogen) atoms. The van der Waals surface area contributed by atoms with Crippen LogP contribution in [0.3, 0.4) is 0 Å². The van der Waals surface area contributed by atoms with Gasteiger partial charge in [0.2, 0.25) is 0 Å². The molecule has 0 saturated heterocycles. The summed E-state index contributed by atoms with van der Waals surface area (Å²) in [5, 5.41) is 0. The Hall–Kier alpha value is -0.0400. The Bertz CT molecular complexity index is 237. The third-order valence-electron chi connectivity index (χ3n) is 2.20. The van der Waals surface area contributed by atoms with Crippen molar-refractivity contribution in [2.75, 3.05) is 0 Å². The van der Waals surface area contributed by atoms with Crippen LogP contribution in [0.15, 0.2) is 23.3 Å². The minimum absolute atomic E-state index is 0.136. The summed E-state index contributed by atoms with van der Waals surface area (Å²) in [5.41, 5.74) is 2.90. The molecule has 0 aromatic heterocycles. The molecule has 0 N–H and O–H groups in total. The fourth-order valence-electron chi connectivity index (χ4n) is 1.77. The Kier molecular flexibility index (Phi) is 6.51.